The quantitative estimate of drug-likeness (QED) is 0.661. The van der Waals surface area contributed by atoms with Gasteiger partial charge in [-0.1, -0.05) is 0 Å². The van der Waals surface area contributed by atoms with E-state index >= 15 is 0 Å². The van der Waals surface area contributed by atoms with E-state index in [1.165, 1.54) is 0 Å². The van der Waals surface area contributed by atoms with Crippen molar-refractivity contribution >= 4 is 28.4 Å². The second-order valence-corrected chi connectivity index (χ2v) is 4.58. The van der Waals surface area contributed by atoms with Gasteiger partial charge in [0.05, 0.1) is 0 Å². The minimum Gasteiger partial charge on any atom is -0.383 e. The molecule has 0 aromatic carbocycles. The minimum atomic E-state index is 0.297. The average molecular weight is 304 g/mol. The summed E-state index contributed by atoms with van der Waals surface area (Å²) in [4.78, 5) is 4.16. The van der Waals surface area contributed by atoms with E-state index in [2.05, 4.69) is 44.3 Å². The lowest BCUT2D eigenvalue weighted by Gasteiger charge is -2.25. The van der Waals surface area contributed by atoms with Gasteiger partial charge in [-0.05, 0) is 28.7 Å². The number of hydrogen-bond donors (Lipinski definition) is 3. The standard InChI is InChI=1S/C9H13IN4/c10-6-3-7(9(11)14-4-6)8-5-12-1-2-13-8/h3-4,8,12-13H,1-2,5H2,(H2,11,14)/t8-/m1/s1. The maximum atomic E-state index is 5.84. The third-order valence-electron chi connectivity index (χ3n) is 2.33. The lowest BCUT2D eigenvalue weighted by Crippen LogP contribution is -2.43. The van der Waals surface area contributed by atoms with Crippen molar-refractivity contribution in [2.45, 2.75) is 6.04 Å². The largest absolute Gasteiger partial charge is 0.383 e. The summed E-state index contributed by atoms with van der Waals surface area (Å²) < 4.78 is 1.12. The zero-order valence-electron chi connectivity index (χ0n) is 7.76. The number of piperazine rings is 1. The van der Waals surface area contributed by atoms with E-state index in [9.17, 15) is 0 Å². The average Bonchev–Trinajstić information content (AvgIpc) is 2.23. The number of nitrogen functional groups attached to an aromatic ring is 1. The van der Waals surface area contributed by atoms with Crippen LogP contribution in [0.5, 0.6) is 0 Å². The van der Waals surface area contributed by atoms with Crippen LogP contribution in [0.2, 0.25) is 0 Å². The Labute approximate surface area is 96.8 Å². The van der Waals surface area contributed by atoms with Gasteiger partial charge >= 0.3 is 0 Å². The van der Waals surface area contributed by atoms with Gasteiger partial charge < -0.3 is 16.4 Å². The van der Waals surface area contributed by atoms with Gasteiger partial charge in [-0.15, -0.1) is 0 Å². The fourth-order valence-electron chi connectivity index (χ4n) is 1.62. The van der Waals surface area contributed by atoms with Crippen LogP contribution in [-0.2, 0) is 0 Å². The van der Waals surface area contributed by atoms with Crippen LogP contribution in [0.3, 0.4) is 0 Å². The topological polar surface area (TPSA) is 63.0 Å². The molecule has 1 aliphatic rings. The smallest absolute Gasteiger partial charge is 0.128 e. The summed E-state index contributed by atoms with van der Waals surface area (Å²) in [6, 6.07) is 2.39. The monoisotopic (exact) mass is 304 g/mol. The van der Waals surface area contributed by atoms with Gasteiger partial charge in [0.15, 0.2) is 0 Å². The number of aromatic nitrogens is 1. The molecule has 14 heavy (non-hydrogen) atoms. The summed E-state index contributed by atoms with van der Waals surface area (Å²) in [7, 11) is 0. The second-order valence-electron chi connectivity index (χ2n) is 3.34. The Morgan fingerprint density at radius 3 is 3.07 bits per heavy atom. The molecular weight excluding hydrogens is 291 g/mol. The first kappa shape index (κ1) is 10.1. The molecule has 1 fully saturated rings. The molecule has 1 aromatic heterocycles. The Bertz CT molecular complexity index is 323. The van der Waals surface area contributed by atoms with E-state index in [-0.39, 0.29) is 0 Å². The Hall–Kier alpha value is -0.400. The molecule has 1 atom stereocenters. The highest BCUT2D eigenvalue weighted by Crippen LogP contribution is 2.20. The molecule has 0 amide bonds. The van der Waals surface area contributed by atoms with E-state index in [1.54, 1.807) is 6.20 Å². The van der Waals surface area contributed by atoms with E-state index < -0.39 is 0 Å². The zero-order valence-corrected chi connectivity index (χ0v) is 9.91. The Morgan fingerprint density at radius 2 is 2.36 bits per heavy atom. The van der Waals surface area contributed by atoms with Crippen LogP contribution in [-0.4, -0.2) is 24.6 Å². The van der Waals surface area contributed by atoms with Gasteiger partial charge in [0.2, 0.25) is 0 Å². The van der Waals surface area contributed by atoms with Gasteiger partial charge in [0.1, 0.15) is 5.82 Å². The molecule has 2 rings (SSSR count). The maximum absolute atomic E-state index is 5.84. The predicted molar refractivity (Wildman–Crippen MR) is 65.0 cm³/mol. The molecule has 1 aromatic rings. The molecule has 2 heterocycles. The number of pyridine rings is 1. The lowest BCUT2D eigenvalue weighted by molar-refractivity contribution is 0.430. The van der Waals surface area contributed by atoms with Crippen LogP contribution in [0.25, 0.3) is 0 Å². The number of nitrogens with one attached hydrogen (secondary N) is 2. The number of hydrogen-bond acceptors (Lipinski definition) is 4. The molecule has 4 nitrogen and oxygen atoms in total. The van der Waals surface area contributed by atoms with Crippen molar-refractivity contribution in [2.24, 2.45) is 0 Å². The van der Waals surface area contributed by atoms with Crippen molar-refractivity contribution in [3.05, 3.63) is 21.4 Å². The van der Waals surface area contributed by atoms with Crippen LogP contribution >= 0.6 is 22.6 Å². The van der Waals surface area contributed by atoms with Crippen LogP contribution in [0.1, 0.15) is 11.6 Å². The molecule has 1 saturated heterocycles. The summed E-state index contributed by atoms with van der Waals surface area (Å²) in [5, 5.41) is 6.75. The number of rotatable bonds is 1. The first-order chi connectivity index (χ1) is 6.77. The van der Waals surface area contributed by atoms with E-state index in [0.717, 1.165) is 28.8 Å². The molecule has 0 saturated carbocycles. The van der Waals surface area contributed by atoms with Gasteiger partial charge in [-0.25, -0.2) is 4.98 Å². The summed E-state index contributed by atoms with van der Waals surface area (Å²) >= 11 is 2.25. The summed E-state index contributed by atoms with van der Waals surface area (Å²) in [6.07, 6.45) is 1.79. The van der Waals surface area contributed by atoms with E-state index in [1.807, 2.05) is 0 Å². The highest BCUT2D eigenvalue weighted by Gasteiger charge is 2.17. The molecule has 76 valence electrons. The molecule has 0 aliphatic carbocycles. The fourth-order valence-corrected chi connectivity index (χ4v) is 2.09. The van der Waals surface area contributed by atoms with Crippen molar-refractivity contribution in [2.75, 3.05) is 25.4 Å². The lowest BCUT2D eigenvalue weighted by atomic mass is 10.1. The van der Waals surface area contributed by atoms with Crippen LogP contribution in [0, 0.1) is 3.57 Å². The fraction of sp³-hybridized carbons (Fsp3) is 0.444. The molecule has 0 radical (unpaired) electrons. The van der Waals surface area contributed by atoms with Crippen LogP contribution in [0.4, 0.5) is 5.82 Å². The van der Waals surface area contributed by atoms with Gasteiger partial charge in [-0.3, -0.25) is 0 Å². The van der Waals surface area contributed by atoms with Crippen molar-refractivity contribution in [1.29, 1.82) is 0 Å². The first-order valence-corrected chi connectivity index (χ1v) is 5.70. The zero-order chi connectivity index (χ0) is 9.97. The van der Waals surface area contributed by atoms with Gasteiger partial charge in [-0.2, -0.15) is 0 Å². The Balaban J connectivity index is 2.24. The van der Waals surface area contributed by atoms with Gasteiger partial charge in [0.25, 0.3) is 0 Å². The third kappa shape index (κ3) is 2.15. The number of nitrogens with two attached hydrogens (primary N) is 1. The number of nitrogens with zero attached hydrogens (tertiary/aromatic N) is 1. The predicted octanol–water partition coefficient (Wildman–Crippen LogP) is 0.502. The molecule has 0 unspecified atom stereocenters. The van der Waals surface area contributed by atoms with Crippen LogP contribution in [0.15, 0.2) is 12.3 Å². The van der Waals surface area contributed by atoms with Crippen molar-refractivity contribution in [1.82, 2.24) is 15.6 Å². The number of halogens is 1. The minimum absolute atomic E-state index is 0.297. The van der Waals surface area contributed by atoms with Crippen molar-refractivity contribution in [3.8, 4) is 0 Å². The molecular formula is C9H13IN4. The molecule has 4 N–H and O–H groups in total. The third-order valence-corrected chi connectivity index (χ3v) is 2.92. The van der Waals surface area contributed by atoms with E-state index in [4.69, 9.17) is 5.73 Å². The molecule has 0 spiro atoms. The molecule has 0 bridgehead atoms. The van der Waals surface area contributed by atoms with Gasteiger partial charge in [0, 0.05) is 41.0 Å². The first-order valence-electron chi connectivity index (χ1n) is 4.62. The van der Waals surface area contributed by atoms with E-state index in [0.29, 0.717) is 11.9 Å². The van der Waals surface area contributed by atoms with Crippen LogP contribution < -0.4 is 16.4 Å². The highest BCUT2D eigenvalue weighted by atomic mass is 127. The molecule has 5 heteroatoms. The summed E-state index contributed by atoms with van der Waals surface area (Å²) in [5.41, 5.74) is 6.94. The molecule has 1 aliphatic heterocycles. The highest BCUT2D eigenvalue weighted by molar-refractivity contribution is 14.1. The second kappa shape index (κ2) is 4.41. The number of anilines is 1. The van der Waals surface area contributed by atoms with Crippen molar-refractivity contribution < 1.29 is 0 Å². The summed E-state index contributed by atoms with van der Waals surface area (Å²) in [6.45, 7) is 2.93. The SMILES string of the molecule is Nc1ncc(I)cc1[C@H]1CNCCN1. The maximum Gasteiger partial charge on any atom is 0.128 e. The normalized spacial score (nSPS) is 22.2. The summed E-state index contributed by atoms with van der Waals surface area (Å²) in [5.74, 6) is 0.631. The van der Waals surface area contributed by atoms with Crippen molar-refractivity contribution in [3.63, 3.8) is 0 Å². The Morgan fingerprint density at radius 1 is 1.50 bits per heavy atom. The Kier molecular flexibility index (Phi) is 3.19.